The van der Waals surface area contributed by atoms with Crippen molar-refractivity contribution in [3.05, 3.63) is 0 Å². The summed E-state index contributed by atoms with van der Waals surface area (Å²) in [6.07, 6.45) is 14.0. The highest BCUT2D eigenvalue weighted by Gasteiger charge is 2.72. The van der Waals surface area contributed by atoms with Crippen LogP contribution in [0.4, 0.5) is 0 Å². The highest BCUT2D eigenvalue weighted by atomic mass is 14.8. The van der Waals surface area contributed by atoms with Crippen LogP contribution in [0.5, 0.6) is 0 Å². The van der Waals surface area contributed by atoms with E-state index in [1.165, 1.54) is 64.2 Å². The molecule has 1 fully saturated rings. The van der Waals surface area contributed by atoms with Crippen molar-refractivity contribution < 1.29 is 0 Å². The van der Waals surface area contributed by atoms with Crippen LogP contribution in [0, 0.1) is 68.0 Å². The van der Waals surface area contributed by atoms with Gasteiger partial charge in [-0.25, -0.2) is 0 Å². The third-order valence-corrected chi connectivity index (χ3v) is 15.9. The summed E-state index contributed by atoms with van der Waals surface area (Å²) in [4.78, 5) is 0. The summed E-state index contributed by atoms with van der Waals surface area (Å²) in [6.45, 7) is 47.7. The molecule has 0 aromatic rings. The summed E-state index contributed by atoms with van der Waals surface area (Å²) >= 11 is 0. The second-order valence-electron chi connectivity index (χ2n) is 17.9. The predicted octanol–water partition coefficient (Wildman–Crippen LogP) is 13.9. The maximum atomic E-state index is 2.81. The van der Waals surface area contributed by atoms with Crippen LogP contribution < -0.4 is 0 Å². The van der Waals surface area contributed by atoms with Crippen LogP contribution in [0.25, 0.3) is 0 Å². The van der Waals surface area contributed by atoms with Gasteiger partial charge in [0.1, 0.15) is 0 Å². The highest BCUT2D eigenvalue weighted by molar-refractivity contribution is 5.19. The zero-order chi connectivity index (χ0) is 31.5. The molecule has 0 aliphatic heterocycles. The molecule has 40 heavy (non-hydrogen) atoms. The van der Waals surface area contributed by atoms with Gasteiger partial charge in [-0.3, -0.25) is 0 Å². The monoisotopic (exact) mass is 561 g/mol. The van der Waals surface area contributed by atoms with Gasteiger partial charge in [-0.1, -0.05) is 176 Å². The Labute approximate surface area is 256 Å². The smallest absolute Gasteiger partial charge is 0.0179 e. The van der Waals surface area contributed by atoms with E-state index >= 15 is 0 Å². The van der Waals surface area contributed by atoms with E-state index in [0.29, 0.717) is 35.5 Å². The second kappa shape index (κ2) is 13.7. The van der Waals surface area contributed by atoms with Gasteiger partial charge in [-0.2, -0.15) is 0 Å². The molecule has 0 aromatic carbocycles. The molecular formula is C40H80. The fourth-order valence-corrected chi connectivity index (χ4v) is 11.5. The molecule has 0 heteroatoms. The molecule has 0 saturated heterocycles. The largest absolute Gasteiger partial charge is 0.0622 e. The van der Waals surface area contributed by atoms with Crippen LogP contribution in [-0.2, 0) is 0 Å². The first kappa shape index (κ1) is 38.0. The lowest BCUT2D eigenvalue weighted by molar-refractivity contribution is -0.283. The van der Waals surface area contributed by atoms with E-state index in [4.69, 9.17) is 0 Å². The average Bonchev–Trinajstić information content (AvgIpc) is 2.85. The molecule has 1 aliphatic carbocycles. The minimum Gasteiger partial charge on any atom is -0.0622 e. The van der Waals surface area contributed by atoms with Crippen molar-refractivity contribution in [1.82, 2.24) is 0 Å². The van der Waals surface area contributed by atoms with Crippen molar-refractivity contribution in [2.75, 3.05) is 0 Å². The Kier molecular flexibility index (Phi) is 13.1. The maximum Gasteiger partial charge on any atom is -0.0179 e. The molecule has 1 rings (SSSR count). The molecule has 0 nitrogen and oxygen atoms in total. The zero-order valence-electron chi connectivity index (χ0n) is 31.5. The van der Waals surface area contributed by atoms with Gasteiger partial charge < -0.3 is 0 Å². The minimum absolute atomic E-state index is 0.133. The molecule has 0 N–H and O–H groups in total. The molecule has 1 saturated carbocycles. The van der Waals surface area contributed by atoms with Gasteiger partial charge in [0.15, 0.2) is 0 Å². The van der Waals surface area contributed by atoms with Crippen molar-refractivity contribution >= 4 is 0 Å². The topological polar surface area (TPSA) is 0 Å². The first-order valence-electron chi connectivity index (χ1n) is 18.1. The van der Waals surface area contributed by atoms with Gasteiger partial charge in [-0.15, -0.1) is 0 Å². The van der Waals surface area contributed by atoms with Crippen molar-refractivity contribution in [2.45, 2.75) is 189 Å². The highest BCUT2D eigenvalue weighted by Crippen LogP contribution is 2.77. The van der Waals surface area contributed by atoms with Gasteiger partial charge in [-0.05, 0) is 80.8 Å². The van der Waals surface area contributed by atoms with Crippen molar-refractivity contribution in [3.63, 3.8) is 0 Å². The summed E-state index contributed by atoms with van der Waals surface area (Å²) in [5, 5.41) is 0. The molecule has 1 aliphatic rings. The van der Waals surface area contributed by atoms with Gasteiger partial charge in [0, 0.05) is 0 Å². The number of hydrogen-bond donors (Lipinski definition) is 0. The second-order valence-corrected chi connectivity index (χ2v) is 17.9. The molecule has 0 aromatic heterocycles. The fourth-order valence-electron chi connectivity index (χ4n) is 11.5. The van der Waals surface area contributed by atoms with E-state index in [0.717, 1.165) is 0 Å². The van der Waals surface area contributed by atoms with Gasteiger partial charge >= 0.3 is 0 Å². The van der Waals surface area contributed by atoms with Crippen LogP contribution in [0.1, 0.15) is 189 Å². The lowest BCUT2D eigenvalue weighted by Gasteiger charge is -2.76. The number of hydrogen-bond acceptors (Lipinski definition) is 0. The predicted molar refractivity (Wildman–Crippen MR) is 184 cm³/mol. The summed E-state index contributed by atoms with van der Waals surface area (Å²) in [6, 6.07) is 0. The Bertz CT molecular complexity index is 692. The van der Waals surface area contributed by atoms with Gasteiger partial charge in [0.25, 0.3) is 0 Å². The quantitative estimate of drug-likeness (QED) is 0.303. The standard InChI is InChI=1S/C40H80/c1-29(2)35(13)27-25-23-21-19-20-22-24-26-28-36(14,30(3)4)38(16,32(7)8)40(18,34(11)12)39(17,33(9)10)37(35,15)31(5)6/h29-34H,19-28H2,1-18H3. The minimum atomic E-state index is 0.133. The van der Waals surface area contributed by atoms with E-state index < -0.39 is 0 Å². The Balaban J connectivity index is 4.40. The van der Waals surface area contributed by atoms with Gasteiger partial charge in [0.05, 0.1) is 0 Å². The molecule has 0 radical (unpaired) electrons. The fraction of sp³-hybridized carbons (Fsp3) is 1.00. The molecule has 0 heterocycles. The Hall–Kier alpha value is 0. The Morgan fingerprint density at radius 2 is 0.475 bits per heavy atom. The van der Waals surface area contributed by atoms with E-state index in [1.54, 1.807) is 0 Å². The summed E-state index contributed by atoms with van der Waals surface area (Å²) in [5.74, 6) is 3.67. The van der Waals surface area contributed by atoms with E-state index in [-0.39, 0.29) is 32.5 Å². The Morgan fingerprint density at radius 3 is 0.650 bits per heavy atom. The van der Waals surface area contributed by atoms with Crippen molar-refractivity contribution in [3.8, 4) is 0 Å². The number of rotatable bonds is 6. The molecule has 0 bridgehead atoms. The molecule has 0 amide bonds. The first-order chi connectivity index (χ1) is 18.1. The lowest BCUT2D eigenvalue weighted by atomic mass is 9.28. The van der Waals surface area contributed by atoms with Crippen LogP contribution >= 0.6 is 0 Å². The summed E-state index contributed by atoms with van der Waals surface area (Å²) in [5.41, 5.74) is 1.14. The van der Waals surface area contributed by atoms with Gasteiger partial charge in [0.2, 0.25) is 0 Å². The molecule has 0 spiro atoms. The van der Waals surface area contributed by atoms with E-state index in [2.05, 4.69) is 125 Å². The SMILES string of the molecule is CC(C)C1(C)CCCCCCCCCCC(C)(C(C)C)C(C)(C(C)C)C(C)(C(C)C)C(C)(C(C)C)C1(C)C(C)C. The summed E-state index contributed by atoms with van der Waals surface area (Å²) < 4.78 is 0. The Morgan fingerprint density at radius 1 is 0.275 bits per heavy atom. The molecular weight excluding hydrogens is 480 g/mol. The first-order valence-corrected chi connectivity index (χ1v) is 18.1. The van der Waals surface area contributed by atoms with Crippen LogP contribution in [0.15, 0.2) is 0 Å². The average molecular weight is 561 g/mol. The van der Waals surface area contributed by atoms with Crippen molar-refractivity contribution in [1.29, 1.82) is 0 Å². The van der Waals surface area contributed by atoms with Crippen molar-refractivity contribution in [2.24, 2.45) is 68.0 Å². The lowest BCUT2D eigenvalue weighted by Crippen LogP contribution is -2.71. The van der Waals surface area contributed by atoms with E-state index in [1.807, 2.05) is 0 Å². The normalized spacial score (nSPS) is 40.2. The third-order valence-electron chi connectivity index (χ3n) is 15.9. The van der Waals surface area contributed by atoms with E-state index in [9.17, 15) is 0 Å². The maximum absolute atomic E-state index is 2.81. The van der Waals surface area contributed by atoms with Crippen LogP contribution in [0.3, 0.4) is 0 Å². The molecule has 240 valence electrons. The molecule has 6 atom stereocenters. The van der Waals surface area contributed by atoms with Crippen LogP contribution in [-0.4, -0.2) is 0 Å². The third kappa shape index (κ3) is 5.64. The van der Waals surface area contributed by atoms with Crippen LogP contribution in [0.2, 0.25) is 0 Å². The molecule has 6 unspecified atom stereocenters. The summed E-state index contributed by atoms with van der Waals surface area (Å²) in [7, 11) is 0. The zero-order valence-corrected chi connectivity index (χ0v) is 31.5.